The Bertz CT molecular complexity index is 1790. The highest BCUT2D eigenvalue weighted by molar-refractivity contribution is 7.56. The second-order valence-corrected chi connectivity index (χ2v) is 16.1. The number of anilines is 1. The van der Waals surface area contributed by atoms with Crippen molar-refractivity contribution in [3.05, 3.63) is 47.7 Å². The van der Waals surface area contributed by atoms with Crippen molar-refractivity contribution in [2.24, 2.45) is 0 Å². The van der Waals surface area contributed by atoms with E-state index in [9.17, 15) is 13.9 Å². The number of fused-ring (bicyclic) bond motifs is 3. The van der Waals surface area contributed by atoms with Crippen LogP contribution in [-0.4, -0.2) is 88.4 Å². The normalized spacial score (nSPS) is 23.8. The first-order valence-corrected chi connectivity index (χ1v) is 18.7. The molecule has 1 N–H and O–H groups in total. The Balaban J connectivity index is 1.38. The fourth-order valence-electron chi connectivity index (χ4n) is 7.93. The summed E-state index contributed by atoms with van der Waals surface area (Å²) in [4.78, 5) is 18.5. The molecule has 0 bridgehead atoms. The second kappa shape index (κ2) is 12.4. The molecule has 3 aliphatic rings. The molecule has 3 saturated heterocycles. The standard InChI is InChI=1S/C35H41F3N5O2P/c1-4-25-28(37)10-9-21-14-23(44)15-26(29(21)25)31-30(38)32-27(17-39-31)33(42-12-6-5-8-24(19-42)46(2)3)41-34(40-32)45-20-35-11-7-13-43(35)18-22(36)16-35/h9-10,14-15,17,22,24,44H,4-8,11-13,16,18-20H2,1-3H3/t22-,24?,35+/m1/s1. The van der Waals surface area contributed by atoms with Gasteiger partial charge in [-0.05, 0) is 92.2 Å². The Hall–Kier alpha value is -3.23. The average Bonchev–Trinajstić information content (AvgIpc) is 3.43. The molecule has 0 radical (unpaired) electrons. The van der Waals surface area contributed by atoms with Crippen LogP contribution in [-0.2, 0) is 6.42 Å². The van der Waals surface area contributed by atoms with Gasteiger partial charge in [0.2, 0.25) is 0 Å². The zero-order chi connectivity index (χ0) is 32.2. The van der Waals surface area contributed by atoms with E-state index in [1.165, 1.54) is 12.1 Å². The maximum absolute atomic E-state index is 16.9. The van der Waals surface area contributed by atoms with Gasteiger partial charge >= 0.3 is 6.01 Å². The number of phenolic OH excluding ortho intramolecular Hbond substituents is 1. The van der Waals surface area contributed by atoms with Crippen LogP contribution in [0, 0.1) is 11.6 Å². The van der Waals surface area contributed by atoms with Gasteiger partial charge in [0.25, 0.3) is 0 Å². The van der Waals surface area contributed by atoms with E-state index >= 15 is 4.39 Å². The molecule has 3 fully saturated rings. The van der Waals surface area contributed by atoms with Gasteiger partial charge < -0.3 is 14.7 Å². The fraction of sp³-hybridized carbons (Fsp3) is 0.514. The first kappa shape index (κ1) is 31.4. The van der Waals surface area contributed by atoms with Crippen molar-refractivity contribution in [2.45, 2.75) is 69.2 Å². The number of rotatable bonds is 7. The third-order valence-electron chi connectivity index (χ3n) is 10.3. The van der Waals surface area contributed by atoms with Gasteiger partial charge in [-0.25, -0.2) is 13.2 Å². The number of aromatic nitrogens is 3. The molecular formula is C35H41F3N5O2P. The molecule has 1 unspecified atom stereocenters. The molecule has 0 amide bonds. The van der Waals surface area contributed by atoms with Crippen LogP contribution >= 0.6 is 7.92 Å². The lowest BCUT2D eigenvalue weighted by Gasteiger charge is -2.31. The highest BCUT2D eigenvalue weighted by Crippen LogP contribution is 2.43. The smallest absolute Gasteiger partial charge is 0.319 e. The molecule has 3 atom stereocenters. The largest absolute Gasteiger partial charge is 0.508 e. The lowest BCUT2D eigenvalue weighted by Crippen LogP contribution is -2.43. The van der Waals surface area contributed by atoms with Crippen molar-refractivity contribution in [2.75, 3.05) is 51.0 Å². The van der Waals surface area contributed by atoms with Crippen molar-refractivity contribution < 1.29 is 23.0 Å². The maximum Gasteiger partial charge on any atom is 0.319 e. The monoisotopic (exact) mass is 651 g/mol. The van der Waals surface area contributed by atoms with Gasteiger partial charge in [0.1, 0.15) is 41.4 Å². The van der Waals surface area contributed by atoms with Gasteiger partial charge in [0, 0.05) is 37.8 Å². The van der Waals surface area contributed by atoms with Crippen LogP contribution in [0.1, 0.15) is 51.0 Å². The van der Waals surface area contributed by atoms with Crippen molar-refractivity contribution in [1.29, 1.82) is 0 Å². The Morgan fingerprint density at radius 3 is 2.74 bits per heavy atom. The maximum atomic E-state index is 16.9. The van der Waals surface area contributed by atoms with E-state index in [4.69, 9.17) is 9.72 Å². The summed E-state index contributed by atoms with van der Waals surface area (Å²) in [7, 11) is -0.199. The van der Waals surface area contributed by atoms with E-state index in [0.717, 1.165) is 51.7 Å². The number of nitrogens with zero attached hydrogens (tertiary/aromatic N) is 5. The molecule has 2 aromatic carbocycles. The Kier molecular flexibility index (Phi) is 8.47. The second-order valence-electron chi connectivity index (χ2n) is 13.4. The number of alkyl halides is 1. The summed E-state index contributed by atoms with van der Waals surface area (Å²) in [5.74, 6) is -0.569. The number of benzene rings is 2. The number of aromatic hydroxyl groups is 1. The van der Waals surface area contributed by atoms with Crippen LogP contribution in [0.5, 0.6) is 11.8 Å². The van der Waals surface area contributed by atoms with Gasteiger partial charge in [-0.1, -0.05) is 19.4 Å². The quantitative estimate of drug-likeness (QED) is 0.208. The summed E-state index contributed by atoms with van der Waals surface area (Å²) in [6, 6.07) is 5.99. The van der Waals surface area contributed by atoms with Crippen LogP contribution in [0.2, 0.25) is 0 Å². The summed E-state index contributed by atoms with van der Waals surface area (Å²) in [6.45, 7) is 9.47. The molecule has 4 aromatic rings. The van der Waals surface area contributed by atoms with Crippen LogP contribution < -0.4 is 9.64 Å². The van der Waals surface area contributed by atoms with E-state index in [2.05, 4.69) is 33.1 Å². The minimum absolute atomic E-state index is 0.0275. The topological polar surface area (TPSA) is 74.6 Å². The van der Waals surface area contributed by atoms with Crippen LogP contribution in [0.25, 0.3) is 32.9 Å². The average molecular weight is 652 g/mol. The van der Waals surface area contributed by atoms with Gasteiger partial charge in [-0.15, -0.1) is 7.92 Å². The highest BCUT2D eigenvalue weighted by atomic mass is 31.1. The number of phenols is 1. The van der Waals surface area contributed by atoms with Crippen molar-refractivity contribution in [3.63, 3.8) is 0 Å². The van der Waals surface area contributed by atoms with Crippen molar-refractivity contribution >= 4 is 35.4 Å². The minimum Gasteiger partial charge on any atom is -0.508 e. The Morgan fingerprint density at radius 1 is 1.09 bits per heavy atom. The number of aryl methyl sites for hydroxylation is 1. The first-order chi connectivity index (χ1) is 22.2. The van der Waals surface area contributed by atoms with E-state index in [1.807, 2.05) is 6.92 Å². The first-order valence-electron chi connectivity index (χ1n) is 16.4. The summed E-state index contributed by atoms with van der Waals surface area (Å²) in [6.07, 6.45) is 6.55. The zero-order valence-corrected chi connectivity index (χ0v) is 27.6. The summed E-state index contributed by atoms with van der Waals surface area (Å²) in [5, 5.41) is 12.2. The Morgan fingerprint density at radius 2 is 1.93 bits per heavy atom. The molecule has 7 rings (SSSR count). The highest BCUT2D eigenvalue weighted by Gasteiger charge is 2.49. The third-order valence-corrected chi connectivity index (χ3v) is 12.2. The predicted molar refractivity (Wildman–Crippen MR) is 178 cm³/mol. The van der Waals surface area contributed by atoms with E-state index in [-0.39, 0.29) is 37.5 Å². The lowest BCUT2D eigenvalue weighted by molar-refractivity contribution is 0.107. The molecule has 0 aliphatic carbocycles. The van der Waals surface area contributed by atoms with Gasteiger partial charge in [0.15, 0.2) is 5.82 Å². The minimum atomic E-state index is -0.898. The molecule has 5 heterocycles. The number of pyridine rings is 1. The number of ether oxygens (including phenoxy) is 1. The van der Waals surface area contributed by atoms with E-state index in [1.54, 1.807) is 18.3 Å². The van der Waals surface area contributed by atoms with Gasteiger partial charge in [-0.3, -0.25) is 9.88 Å². The molecule has 0 spiro atoms. The number of hydrogen-bond donors (Lipinski definition) is 1. The summed E-state index contributed by atoms with van der Waals surface area (Å²) >= 11 is 0. The van der Waals surface area contributed by atoms with Crippen molar-refractivity contribution in [3.8, 4) is 23.0 Å². The third kappa shape index (κ3) is 5.55. The van der Waals surface area contributed by atoms with E-state index in [0.29, 0.717) is 58.1 Å². The SMILES string of the molecule is CCc1c(F)ccc2cc(O)cc(-c3ncc4c(N5CCCCC(P(C)C)C5)nc(OC[C@@]56CCCN5C[C@H](F)C6)nc4c3F)c12. The molecule has 2 aromatic heterocycles. The molecule has 244 valence electrons. The molecule has 3 aliphatic heterocycles. The molecule has 11 heteroatoms. The van der Waals surface area contributed by atoms with E-state index < -0.39 is 23.3 Å². The molecule has 7 nitrogen and oxygen atoms in total. The molecule has 0 saturated carbocycles. The lowest BCUT2D eigenvalue weighted by atomic mass is 9.94. The summed E-state index contributed by atoms with van der Waals surface area (Å²) in [5.41, 5.74) is 0.857. The van der Waals surface area contributed by atoms with Crippen molar-refractivity contribution in [1.82, 2.24) is 19.9 Å². The number of halogens is 3. The van der Waals surface area contributed by atoms with Gasteiger partial charge in [-0.2, -0.15) is 9.97 Å². The van der Waals surface area contributed by atoms with Gasteiger partial charge in [0.05, 0.1) is 10.9 Å². The van der Waals surface area contributed by atoms with Crippen LogP contribution in [0.3, 0.4) is 0 Å². The molecule has 46 heavy (non-hydrogen) atoms. The van der Waals surface area contributed by atoms with Crippen LogP contribution in [0.4, 0.5) is 19.0 Å². The summed E-state index contributed by atoms with van der Waals surface area (Å²) < 4.78 is 52.7. The predicted octanol–water partition coefficient (Wildman–Crippen LogP) is 7.45. The number of hydrogen-bond acceptors (Lipinski definition) is 7. The Labute approximate surface area is 268 Å². The molecular weight excluding hydrogens is 610 g/mol. The zero-order valence-electron chi connectivity index (χ0n) is 26.7. The fourth-order valence-corrected chi connectivity index (χ4v) is 9.15. The van der Waals surface area contributed by atoms with Crippen LogP contribution in [0.15, 0.2) is 30.5 Å².